The Hall–Kier alpha value is -2.48. The van der Waals surface area contributed by atoms with Crippen molar-refractivity contribution >= 4 is 11.9 Å². The van der Waals surface area contributed by atoms with Gasteiger partial charge in [0.05, 0.1) is 17.8 Å². The summed E-state index contributed by atoms with van der Waals surface area (Å²) in [5.74, 6) is 0.838. The lowest BCUT2D eigenvalue weighted by Crippen LogP contribution is -2.47. The normalized spacial score (nSPS) is 26.1. The van der Waals surface area contributed by atoms with Gasteiger partial charge in [0.2, 0.25) is 11.7 Å². The number of nitrogens with zero attached hydrogens (tertiary/aromatic N) is 4. The van der Waals surface area contributed by atoms with Crippen molar-refractivity contribution in [2.75, 3.05) is 25.0 Å². The zero-order valence-electron chi connectivity index (χ0n) is 14.1. The van der Waals surface area contributed by atoms with Gasteiger partial charge >= 0.3 is 0 Å². The van der Waals surface area contributed by atoms with Crippen LogP contribution in [0.1, 0.15) is 35.5 Å². The molecule has 2 aliphatic rings. The lowest BCUT2D eigenvalue weighted by Gasteiger charge is -2.38. The highest BCUT2D eigenvalue weighted by atomic mass is 16.5. The summed E-state index contributed by atoms with van der Waals surface area (Å²) in [6.45, 7) is 3.67. The Morgan fingerprint density at radius 2 is 2.20 bits per heavy atom. The van der Waals surface area contributed by atoms with E-state index in [1.807, 2.05) is 0 Å². The molecule has 2 saturated heterocycles. The van der Waals surface area contributed by atoms with Crippen LogP contribution in [0.2, 0.25) is 0 Å². The number of aromatic nitrogens is 3. The van der Waals surface area contributed by atoms with Gasteiger partial charge < -0.3 is 19.4 Å². The molecule has 132 valence electrons. The maximum absolute atomic E-state index is 12.6. The Morgan fingerprint density at radius 3 is 2.96 bits per heavy atom. The molecule has 1 N–H and O–H groups in total. The molecule has 1 amide bonds. The van der Waals surface area contributed by atoms with E-state index in [1.54, 1.807) is 30.3 Å². The molecule has 25 heavy (non-hydrogen) atoms. The molecule has 0 bridgehead atoms. The molecule has 8 nitrogen and oxygen atoms in total. The summed E-state index contributed by atoms with van der Waals surface area (Å²) in [6, 6.07) is 2.03. The molecule has 2 aromatic rings. The van der Waals surface area contributed by atoms with Gasteiger partial charge in [0.1, 0.15) is 0 Å². The van der Waals surface area contributed by atoms with E-state index in [9.17, 15) is 4.79 Å². The van der Waals surface area contributed by atoms with Gasteiger partial charge in [-0.15, -0.1) is 0 Å². The third-order valence-electron chi connectivity index (χ3n) is 4.94. The van der Waals surface area contributed by atoms with E-state index in [1.165, 1.54) is 6.39 Å². The minimum atomic E-state index is -0.311. The van der Waals surface area contributed by atoms with Crippen LogP contribution >= 0.6 is 0 Å². The summed E-state index contributed by atoms with van der Waals surface area (Å²) in [5, 5.41) is 3.38. The molecule has 0 radical (unpaired) electrons. The first-order valence-electron chi connectivity index (χ1n) is 8.52. The zero-order valence-corrected chi connectivity index (χ0v) is 14.1. The van der Waals surface area contributed by atoms with E-state index in [0.29, 0.717) is 37.1 Å². The van der Waals surface area contributed by atoms with Gasteiger partial charge in [0, 0.05) is 31.6 Å². The Labute approximate surface area is 145 Å². The van der Waals surface area contributed by atoms with Gasteiger partial charge in [-0.1, -0.05) is 0 Å². The van der Waals surface area contributed by atoms with E-state index in [0.717, 1.165) is 19.3 Å². The van der Waals surface area contributed by atoms with Gasteiger partial charge in [-0.3, -0.25) is 4.79 Å². The van der Waals surface area contributed by atoms with Gasteiger partial charge in [-0.2, -0.15) is 0 Å². The van der Waals surface area contributed by atoms with Gasteiger partial charge in [0.15, 0.2) is 6.39 Å². The van der Waals surface area contributed by atoms with Crippen LogP contribution in [0.3, 0.4) is 0 Å². The van der Waals surface area contributed by atoms with Crippen molar-refractivity contribution in [3.63, 3.8) is 0 Å². The third kappa shape index (κ3) is 3.21. The number of rotatable bonds is 3. The fourth-order valence-corrected chi connectivity index (χ4v) is 3.66. The molecule has 2 aromatic heterocycles. The molecule has 2 aliphatic heterocycles. The highest BCUT2D eigenvalue weighted by molar-refractivity contribution is 5.92. The number of nitrogens with one attached hydrogen (secondary N) is 1. The third-order valence-corrected chi connectivity index (χ3v) is 4.94. The Bertz CT molecular complexity index is 750. The summed E-state index contributed by atoms with van der Waals surface area (Å²) < 4.78 is 11.3. The van der Waals surface area contributed by atoms with Crippen LogP contribution in [0.5, 0.6) is 0 Å². The first kappa shape index (κ1) is 16.0. The van der Waals surface area contributed by atoms with Crippen molar-refractivity contribution in [2.24, 2.45) is 0 Å². The second kappa shape index (κ2) is 6.44. The molecular formula is C17H21N5O3. The average Bonchev–Trinajstić information content (AvgIpc) is 3.22. The van der Waals surface area contributed by atoms with Crippen LogP contribution in [0, 0.1) is 6.92 Å². The number of anilines is 1. The van der Waals surface area contributed by atoms with Crippen molar-refractivity contribution in [2.45, 2.75) is 37.8 Å². The maximum atomic E-state index is 12.6. The second-order valence-electron chi connectivity index (χ2n) is 6.68. The molecule has 4 rings (SSSR count). The first-order valence-corrected chi connectivity index (χ1v) is 8.52. The summed E-state index contributed by atoms with van der Waals surface area (Å²) in [6.07, 6.45) is 7.30. The fraction of sp³-hybridized carbons (Fsp3) is 0.529. The predicted molar refractivity (Wildman–Crippen MR) is 89.1 cm³/mol. The van der Waals surface area contributed by atoms with E-state index >= 15 is 0 Å². The number of carbonyl (C=O) groups is 1. The van der Waals surface area contributed by atoms with Crippen LogP contribution < -0.4 is 5.32 Å². The topological polar surface area (TPSA) is 93.4 Å². The van der Waals surface area contributed by atoms with Crippen molar-refractivity contribution in [3.05, 3.63) is 36.3 Å². The molecule has 4 heterocycles. The number of ether oxygens (including phenoxy) is 1. The molecule has 0 saturated carbocycles. The standard InChI is InChI=1S/C17H21N5O3/c1-12-14(24-11-20-12)15(23)22-7-4-17(10-22)9-13(3-8-25-17)21-16-18-5-2-6-19-16/h2,5-6,11,13H,3-4,7-10H2,1H3,(H,18,19,21)/t13-,17+/m0/s1. The smallest absolute Gasteiger partial charge is 0.291 e. The molecule has 0 aliphatic carbocycles. The number of aryl methyl sites for hydroxylation is 1. The van der Waals surface area contributed by atoms with E-state index in [4.69, 9.17) is 9.15 Å². The fourth-order valence-electron chi connectivity index (χ4n) is 3.66. The van der Waals surface area contributed by atoms with Gasteiger partial charge in [-0.25, -0.2) is 15.0 Å². The molecule has 2 fully saturated rings. The minimum Gasteiger partial charge on any atom is -0.438 e. The predicted octanol–water partition coefficient (Wildman–Crippen LogP) is 1.65. The lowest BCUT2D eigenvalue weighted by atomic mass is 9.89. The van der Waals surface area contributed by atoms with Crippen LogP contribution in [0.15, 0.2) is 29.3 Å². The molecule has 2 atom stereocenters. The molecule has 0 unspecified atom stereocenters. The molecule has 8 heteroatoms. The highest BCUT2D eigenvalue weighted by Crippen LogP contribution is 2.35. The van der Waals surface area contributed by atoms with Crippen molar-refractivity contribution in [1.29, 1.82) is 0 Å². The largest absolute Gasteiger partial charge is 0.438 e. The van der Waals surface area contributed by atoms with Crippen molar-refractivity contribution < 1.29 is 13.9 Å². The van der Waals surface area contributed by atoms with Gasteiger partial charge in [0.25, 0.3) is 5.91 Å². The highest BCUT2D eigenvalue weighted by Gasteiger charge is 2.45. The monoisotopic (exact) mass is 343 g/mol. The van der Waals surface area contributed by atoms with Crippen LogP contribution in [-0.2, 0) is 4.74 Å². The maximum Gasteiger partial charge on any atom is 0.291 e. The van der Waals surface area contributed by atoms with Gasteiger partial charge in [-0.05, 0) is 32.3 Å². The zero-order chi connectivity index (χ0) is 17.3. The molecule has 1 spiro atoms. The summed E-state index contributed by atoms with van der Waals surface area (Å²) in [5.41, 5.74) is 0.310. The minimum absolute atomic E-state index is 0.114. The van der Waals surface area contributed by atoms with Crippen LogP contribution in [-0.4, -0.2) is 57.1 Å². The second-order valence-corrected chi connectivity index (χ2v) is 6.68. The molecular weight excluding hydrogens is 322 g/mol. The number of hydrogen-bond acceptors (Lipinski definition) is 7. The summed E-state index contributed by atoms with van der Waals surface area (Å²) in [4.78, 5) is 26.9. The first-order chi connectivity index (χ1) is 12.2. The Kier molecular flexibility index (Phi) is 4.12. The Morgan fingerprint density at radius 1 is 1.36 bits per heavy atom. The summed E-state index contributed by atoms with van der Waals surface area (Å²) in [7, 11) is 0. The van der Waals surface area contributed by atoms with Crippen molar-refractivity contribution in [1.82, 2.24) is 19.9 Å². The Balaban J connectivity index is 1.42. The van der Waals surface area contributed by atoms with Crippen LogP contribution in [0.4, 0.5) is 5.95 Å². The van der Waals surface area contributed by atoms with E-state index in [2.05, 4.69) is 20.3 Å². The molecule has 0 aromatic carbocycles. The van der Waals surface area contributed by atoms with Crippen LogP contribution in [0.25, 0.3) is 0 Å². The van der Waals surface area contributed by atoms with E-state index < -0.39 is 0 Å². The average molecular weight is 343 g/mol. The quantitative estimate of drug-likeness (QED) is 0.905. The summed E-state index contributed by atoms with van der Waals surface area (Å²) >= 11 is 0. The number of hydrogen-bond donors (Lipinski definition) is 1. The SMILES string of the molecule is Cc1ncoc1C(=O)N1CC[C@@]2(C[C@@H](Nc3ncccn3)CCO2)C1. The number of amides is 1. The number of likely N-dealkylation sites (tertiary alicyclic amines) is 1. The number of oxazole rings is 1. The van der Waals surface area contributed by atoms with E-state index in [-0.39, 0.29) is 17.6 Å². The lowest BCUT2D eigenvalue weighted by molar-refractivity contribution is -0.0721. The van der Waals surface area contributed by atoms with Crippen molar-refractivity contribution in [3.8, 4) is 0 Å². The number of carbonyl (C=O) groups excluding carboxylic acids is 1.